The molecule has 26 heavy (non-hydrogen) atoms. The highest BCUT2D eigenvalue weighted by molar-refractivity contribution is 6.60. The molecule has 0 fully saturated rings. The van der Waals surface area contributed by atoms with Crippen LogP contribution in [0.3, 0.4) is 0 Å². The van der Waals surface area contributed by atoms with Gasteiger partial charge in [-0.2, -0.15) is 0 Å². The predicted octanol–water partition coefficient (Wildman–Crippen LogP) is 4.07. The number of hydrogen-bond donors (Lipinski definition) is 3. The summed E-state index contributed by atoms with van der Waals surface area (Å²) in [6, 6.07) is 23.8. The molecule has 0 amide bonds. The van der Waals surface area contributed by atoms with E-state index in [4.69, 9.17) is 0 Å². The molecule has 0 aromatic heterocycles. The van der Waals surface area contributed by atoms with Crippen molar-refractivity contribution in [2.24, 2.45) is 0 Å². The van der Waals surface area contributed by atoms with Crippen LogP contribution in [0.25, 0.3) is 11.1 Å². The first kappa shape index (κ1) is 18.2. The monoisotopic (exact) mass is 345 g/mol. The van der Waals surface area contributed by atoms with Gasteiger partial charge in [0, 0.05) is 16.8 Å². The van der Waals surface area contributed by atoms with Gasteiger partial charge in [0.15, 0.2) is 0 Å². The van der Waals surface area contributed by atoms with Crippen molar-refractivity contribution in [2.75, 3.05) is 5.32 Å². The quantitative estimate of drug-likeness (QED) is 0.625. The number of hydrogen-bond acceptors (Lipinski definition) is 3. The van der Waals surface area contributed by atoms with Gasteiger partial charge in [0.1, 0.15) is 0 Å². The lowest BCUT2D eigenvalue weighted by atomic mass is 9.77. The van der Waals surface area contributed by atoms with E-state index in [0.29, 0.717) is 11.2 Å². The van der Waals surface area contributed by atoms with Crippen molar-refractivity contribution in [1.29, 1.82) is 0 Å². The Kier molecular flexibility index (Phi) is 5.17. The number of anilines is 2. The maximum Gasteiger partial charge on any atom is 0.490 e. The van der Waals surface area contributed by atoms with Crippen molar-refractivity contribution in [3.8, 4) is 11.1 Å². The standard InChI is InChI=1S/C22H24BNO2/c1-22(2,3)18-10-12-19(13-11-18)24-21-14-9-17(15-20(21)23(25)26)16-7-5-4-6-8-16/h4-15,24-26H,1-3H3. The Balaban J connectivity index is 1.90. The van der Waals surface area contributed by atoms with Crippen molar-refractivity contribution in [3.05, 3.63) is 78.4 Å². The van der Waals surface area contributed by atoms with E-state index in [1.54, 1.807) is 0 Å². The molecule has 0 unspecified atom stereocenters. The van der Waals surface area contributed by atoms with Gasteiger partial charge in [-0.25, -0.2) is 0 Å². The number of rotatable bonds is 4. The zero-order chi connectivity index (χ0) is 18.7. The van der Waals surface area contributed by atoms with E-state index >= 15 is 0 Å². The van der Waals surface area contributed by atoms with Gasteiger partial charge in [-0.15, -0.1) is 0 Å². The lowest BCUT2D eigenvalue weighted by Gasteiger charge is -2.20. The Morgan fingerprint density at radius 2 is 1.42 bits per heavy atom. The zero-order valence-corrected chi connectivity index (χ0v) is 15.4. The zero-order valence-electron chi connectivity index (χ0n) is 15.4. The van der Waals surface area contributed by atoms with E-state index in [0.717, 1.165) is 16.8 Å². The molecule has 3 aromatic carbocycles. The van der Waals surface area contributed by atoms with Crippen molar-refractivity contribution in [1.82, 2.24) is 0 Å². The van der Waals surface area contributed by atoms with E-state index < -0.39 is 7.12 Å². The van der Waals surface area contributed by atoms with Crippen LogP contribution in [0.1, 0.15) is 26.3 Å². The molecule has 4 heteroatoms. The topological polar surface area (TPSA) is 52.5 Å². The third kappa shape index (κ3) is 4.16. The summed E-state index contributed by atoms with van der Waals surface area (Å²) in [5.41, 5.74) is 5.38. The van der Waals surface area contributed by atoms with Crippen molar-refractivity contribution in [3.63, 3.8) is 0 Å². The number of benzene rings is 3. The molecular weight excluding hydrogens is 321 g/mol. The van der Waals surface area contributed by atoms with Crippen molar-refractivity contribution in [2.45, 2.75) is 26.2 Å². The maximum atomic E-state index is 9.82. The molecule has 3 aromatic rings. The fraction of sp³-hybridized carbons (Fsp3) is 0.182. The van der Waals surface area contributed by atoms with Gasteiger partial charge >= 0.3 is 7.12 Å². The molecule has 0 radical (unpaired) electrons. The molecule has 0 aliphatic carbocycles. The third-order valence-corrected chi connectivity index (χ3v) is 4.47. The highest BCUT2D eigenvalue weighted by Crippen LogP contribution is 2.26. The highest BCUT2D eigenvalue weighted by Gasteiger charge is 2.18. The molecule has 0 atom stereocenters. The Morgan fingerprint density at radius 1 is 0.769 bits per heavy atom. The van der Waals surface area contributed by atoms with Crippen LogP contribution >= 0.6 is 0 Å². The molecule has 132 valence electrons. The molecule has 0 saturated heterocycles. The fourth-order valence-electron chi connectivity index (χ4n) is 2.91. The molecular formula is C22H24BNO2. The Morgan fingerprint density at radius 3 is 2.00 bits per heavy atom. The largest absolute Gasteiger partial charge is 0.490 e. The van der Waals surface area contributed by atoms with Gasteiger partial charge < -0.3 is 15.4 Å². The molecule has 3 rings (SSSR count). The molecule has 0 aliphatic rings. The fourth-order valence-corrected chi connectivity index (χ4v) is 2.91. The van der Waals surface area contributed by atoms with Crippen LogP contribution in [-0.4, -0.2) is 17.2 Å². The smallest absolute Gasteiger partial charge is 0.423 e. The second kappa shape index (κ2) is 7.36. The predicted molar refractivity (Wildman–Crippen MR) is 110 cm³/mol. The Hall–Kier alpha value is -2.56. The summed E-state index contributed by atoms with van der Waals surface area (Å²) in [4.78, 5) is 0. The Bertz CT molecular complexity index is 869. The van der Waals surface area contributed by atoms with E-state index in [9.17, 15) is 10.0 Å². The second-order valence-corrected chi connectivity index (χ2v) is 7.49. The molecule has 0 saturated carbocycles. The van der Waals surface area contributed by atoms with Crippen molar-refractivity contribution < 1.29 is 10.0 Å². The lowest BCUT2D eigenvalue weighted by Crippen LogP contribution is -2.32. The summed E-state index contributed by atoms with van der Waals surface area (Å²) in [6.45, 7) is 6.54. The van der Waals surface area contributed by atoms with Crippen LogP contribution in [0.2, 0.25) is 0 Å². The lowest BCUT2D eigenvalue weighted by molar-refractivity contribution is 0.426. The molecule has 0 bridgehead atoms. The molecule has 0 spiro atoms. The van der Waals surface area contributed by atoms with E-state index in [-0.39, 0.29) is 5.41 Å². The summed E-state index contributed by atoms with van der Waals surface area (Å²) in [5, 5.41) is 22.9. The SMILES string of the molecule is CC(C)(C)c1ccc(Nc2ccc(-c3ccccc3)cc2B(O)O)cc1. The molecule has 0 heterocycles. The second-order valence-electron chi connectivity index (χ2n) is 7.49. The average molecular weight is 345 g/mol. The first-order chi connectivity index (χ1) is 12.3. The molecule has 0 aliphatic heterocycles. The third-order valence-electron chi connectivity index (χ3n) is 4.47. The van der Waals surface area contributed by atoms with Gasteiger partial charge in [-0.05, 0) is 40.3 Å². The van der Waals surface area contributed by atoms with Crippen LogP contribution in [0.5, 0.6) is 0 Å². The first-order valence-electron chi connectivity index (χ1n) is 8.78. The normalized spacial score (nSPS) is 11.3. The van der Waals surface area contributed by atoms with Crippen LogP contribution in [-0.2, 0) is 5.41 Å². The van der Waals surface area contributed by atoms with Gasteiger partial charge in [-0.1, -0.05) is 75.4 Å². The number of nitrogens with one attached hydrogen (secondary N) is 1. The van der Waals surface area contributed by atoms with Crippen molar-refractivity contribution >= 4 is 24.0 Å². The minimum atomic E-state index is -1.55. The average Bonchev–Trinajstić information content (AvgIpc) is 2.62. The first-order valence-corrected chi connectivity index (χ1v) is 8.78. The summed E-state index contributed by atoms with van der Waals surface area (Å²) in [5.74, 6) is 0. The van der Waals surface area contributed by atoms with Crippen LogP contribution in [0.15, 0.2) is 72.8 Å². The maximum absolute atomic E-state index is 9.82. The summed E-state index contributed by atoms with van der Waals surface area (Å²) in [7, 11) is -1.55. The minimum Gasteiger partial charge on any atom is -0.423 e. The van der Waals surface area contributed by atoms with Gasteiger partial charge in [-0.3, -0.25) is 0 Å². The minimum absolute atomic E-state index is 0.0995. The van der Waals surface area contributed by atoms with E-state index in [1.807, 2.05) is 60.7 Å². The summed E-state index contributed by atoms with van der Waals surface area (Å²) in [6.07, 6.45) is 0. The van der Waals surface area contributed by atoms with Gasteiger partial charge in [0.25, 0.3) is 0 Å². The van der Waals surface area contributed by atoms with Gasteiger partial charge in [0.05, 0.1) is 0 Å². The van der Waals surface area contributed by atoms with Crippen LogP contribution in [0, 0.1) is 0 Å². The molecule has 3 nitrogen and oxygen atoms in total. The van der Waals surface area contributed by atoms with Crippen LogP contribution < -0.4 is 10.8 Å². The Labute approximate surface area is 155 Å². The van der Waals surface area contributed by atoms with E-state index in [1.165, 1.54) is 5.56 Å². The summed E-state index contributed by atoms with van der Waals surface area (Å²) < 4.78 is 0. The van der Waals surface area contributed by atoms with Crippen LogP contribution in [0.4, 0.5) is 11.4 Å². The van der Waals surface area contributed by atoms with E-state index in [2.05, 4.69) is 38.2 Å². The summed E-state index contributed by atoms with van der Waals surface area (Å²) >= 11 is 0. The highest BCUT2D eigenvalue weighted by atomic mass is 16.4. The molecule has 3 N–H and O–H groups in total. The van der Waals surface area contributed by atoms with Gasteiger partial charge in [0.2, 0.25) is 0 Å².